The van der Waals surface area contributed by atoms with E-state index in [0.29, 0.717) is 15.7 Å². The van der Waals surface area contributed by atoms with Crippen molar-refractivity contribution in [2.24, 2.45) is 0 Å². The van der Waals surface area contributed by atoms with Crippen LogP contribution in [0.3, 0.4) is 0 Å². The number of rotatable bonds is 2. The number of hydrogen-bond donors (Lipinski definition) is 1. The van der Waals surface area contributed by atoms with Crippen LogP contribution in [0, 0.1) is 0 Å². The smallest absolute Gasteiger partial charge is 0.188 e. The molecule has 0 spiro atoms. The van der Waals surface area contributed by atoms with Crippen molar-refractivity contribution in [1.82, 2.24) is 4.98 Å². The Hall–Kier alpha value is -0.290. The second-order valence-electron chi connectivity index (χ2n) is 2.70. The highest BCUT2D eigenvalue weighted by Crippen LogP contribution is 2.33. The van der Waals surface area contributed by atoms with Crippen molar-refractivity contribution in [2.45, 2.75) is 0 Å². The molecule has 0 radical (unpaired) electrons. The van der Waals surface area contributed by atoms with Gasteiger partial charge in [-0.2, -0.15) is 0 Å². The third kappa shape index (κ3) is 2.64. The first-order valence-corrected chi connectivity index (χ1v) is 6.42. The van der Waals surface area contributed by atoms with Gasteiger partial charge in [-0.05, 0) is 28.1 Å². The van der Waals surface area contributed by atoms with E-state index < -0.39 is 0 Å². The number of thiazole rings is 1. The monoisotopic (exact) mass is 322 g/mol. The zero-order valence-electron chi connectivity index (χ0n) is 7.30. The average Bonchev–Trinajstić information content (AvgIpc) is 2.58. The van der Waals surface area contributed by atoms with Gasteiger partial charge in [0.05, 0.1) is 15.7 Å². The maximum Gasteiger partial charge on any atom is 0.188 e. The quantitative estimate of drug-likeness (QED) is 0.845. The number of para-hydroxylation sites is 1. The van der Waals surface area contributed by atoms with Gasteiger partial charge in [-0.15, -0.1) is 11.3 Å². The lowest BCUT2D eigenvalue weighted by molar-refractivity contribution is 1.34. The third-order valence-corrected chi connectivity index (χ3v) is 3.77. The van der Waals surface area contributed by atoms with Gasteiger partial charge < -0.3 is 5.32 Å². The zero-order valence-corrected chi connectivity index (χ0v) is 11.2. The Labute approximate surface area is 109 Å². The molecule has 0 fully saturated rings. The Balaban J connectivity index is 2.31. The van der Waals surface area contributed by atoms with E-state index >= 15 is 0 Å². The first kappa shape index (κ1) is 11.2. The maximum atomic E-state index is 6.00. The predicted octanol–water partition coefficient (Wildman–Crippen LogP) is 4.96. The average molecular weight is 324 g/mol. The first-order valence-electron chi connectivity index (χ1n) is 3.99. The lowest BCUT2D eigenvalue weighted by Gasteiger charge is -2.06. The van der Waals surface area contributed by atoms with E-state index in [1.165, 1.54) is 11.3 Å². The molecule has 0 bridgehead atoms. The molecule has 0 aliphatic rings. The van der Waals surface area contributed by atoms with Crippen LogP contribution in [-0.4, -0.2) is 4.98 Å². The molecule has 2 rings (SSSR count). The van der Waals surface area contributed by atoms with E-state index in [2.05, 4.69) is 26.2 Å². The highest BCUT2D eigenvalue weighted by molar-refractivity contribution is 9.10. The molecule has 0 atom stereocenters. The molecule has 1 heterocycles. The number of benzene rings is 1. The van der Waals surface area contributed by atoms with Crippen LogP contribution in [0.15, 0.2) is 28.2 Å². The van der Waals surface area contributed by atoms with Crippen LogP contribution in [0.1, 0.15) is 0 Å². The Morgan fingerprint density at radius 3 is 2.47 bits per heavy atom. The second-order valence-corrected chi connectivity index (χ2v) is 5.18. The van der Waals surface area contributed by atoms with Gasteiger partial charge in [-0.1, -0.05) is 29.3 Å². The summed E-state index contributed by atoms with van der Waals surface area (Å²) in [5.74, 6) is 0. The molecule has 0 saturated heterocycles. The number of nitrogens with one attached hydrogen (secondary N) is 1. The molecule has 1 aromatic heterocycles. The number of aromatic nitrogens is 1. The molecule has 0 amide bonds. The Bertz CT molecular complexity index is 466. The van der Waals surface area contributed by atoms with Crippen molar-refractivity contribution in [1.29, 1.82) is 0 Å². The van der Waals surface area contributed by atoms with Gasteiger partial charge in [0.25, 0.3) is 0 Å². The van der Waals surface area contributed by atoms with E-state index in [0.717, 1.165) is 9.73 Å². The number of halogens is 3. The SMILES string of the molecule is Clc1cccc(Cl)c1Nc1nc(Br)cs1. The molecule has 15 heavy (non-hydrogen) atoms. The number of hydrogen-bond acceptors (Lipinski definition) is 3. The highest BCUT2D eigenvalue weighted by Gasteiger charge is 2.07. The molecule has 1 aromatic carbocycles. The fourth-order valence-electron chi connectivity index (χ4n) is 1.04. The lowest BCUT2D eigenvalue weighted by Crippen LogP contribution is -1.91. The molecule has 0 aliphatic carbocycles. The Morgan fingerprint density at radius 1 is 1.27 bits per heavy atom. The summed E-state index contributed by atoms with van der Waals surface area (Å²) in [5.41, 5.74) is 0.683. The summed E-state index contributed by atoms with van der Waals surface area (Å²) < 4.78 is 0.790. The van der Waals surface area contributed by atoms with Crippen molar-refractivity contribution in [3.63, 3.8) is 0 Å². The van der Waals surface area contributed by atoms with E-state index in [1.54, 1.807) is 18.2 Å². The summed E-state index contributed by atoms with van der Waals surface area (Å²) in [6.07, 6.45) is 0. The molecule has 0 aliphatic heterocycles. The van der Waals surface area contributed by atoms with Crippen molar-refractivity contribution < 1.29 is 0 Å². The zero-order chi connectivity index (χ0) is 10.8. The van der Waals surface area contributed by atoms with E-state index in [-0.39, 0.29) is 0 Å². The van der Waals surface area contributed by atoms with Crippen LogP contribution >= 0.6 is 50.5 Å². The molecule has 2 aromatic rings. The summed E-state index contributed by atoms with van der Waals surface area (Å²) >= 11 is 16.8. The van der Waals surface area contributed by atoms with Crippen LogP contribution in [0.4, 0.5) is 10.8 Å². The molecule has 2 nitrogen and oxygen atoms in total. The third-order valence-electron chi connectivity index (χ3n) is 1.67. The minimum atomic E-state index is 0.578. The van der Waals surface area contributed by atoms with Gasteiger partial charge in [0, 0.05) is 5.38 Å². The predicted molar refractivity (Wildman–Crippen MR) is 69.6 cm³/mol. The van der Waals surface area contributed by atoms with E-state index in [4.69, 9.17) is 23.2 Å². The van der Waals surface area contributed by atoms with Crippen LogP contribution in [0.5, 0.6) is 0 Å². The fourth-order valence-corrected chi connectivity index (χ4v) is 2.68. The lowest BCUT2D eigenvalue weighted by atomic mass is 10.3. The normalized spacial score (nSPS) is 10.3. The molecule has 0 saturated carbocycles. The summed E-state index contributed by atoms with van der Waals surface area (Å²) in [5, 5.41) is 6.86. The van der Waals surface area contributed by atoms with Crippen molar-refractivity contribution in [2.75, 3.05) is 5.32 Å². The highest BCUT2D eigenvalue weighted by atomic mass is 79.9. The first-order chi connectivity index (χ1) is 7.16. The second kappa shape index (κ2) is 4.70. The fraction of sp³-hybridized carbons (Fsp3) is 0. The summed E-state index contributed by atoms with van der Waals surface area (Å²) in [6.45, 7) is 0. The minimum Gasteiger partial charge on any atom is -0.329 e. The number of nitrogens with zero attached hydrogens (tertiary/aromatic N) is 1. The van der Waals surface area contributed by atoms with Gasteiger partial charge >= 0.3 is 0 Å². The van der Waals surface area contributed by atoms with Gasteiger partial charge in [-0.25, -0.2) is 4.98 Å². The summed E-state index contributed by atoms with van der Waals surface area (Å²) in [7, 11) is 0. The Morgan fingerprint density at radius 2 is 1.93 bits per heavy atom. The molecule has 1 N–H and O–H groups in total. The molecule has 6 heteroatoms. The maximum absolute atomic E-state index is 6.00. The minimum absolute atomic E-state index is 0.578. The van der Waals surface area contributed by atoms with Crippen molar-refractivity contribution in [3.05, 3.63) is 38.2 Å². The largest absolute Gasteiger partial charge is 0.329 e. The van der Waals surface area contributed by atoms with Crippen molar-refractivity contribution >= 4 is 61.3 Å². The number of anilines is 2. The van der Waals surface area contributed by atoms with Gasteiger partial charge in [0.2, 0.25) is 0 Å². The standard InChI is InChI=1S/C9H5BrCl2N2S/c10-7-4-15-9(13-7)14-8-5(11)2-1-3-6(8)12/h1-4H,(H,13,14). The molecular weight excluding hydrogens is 319 g/mol. The summed E-state index contributed by atoms with van der Waals surface area (Å²) in [6, 6.07) is 5.35. The van der Waals surface area contributed by atoms with Crippen LogP contribution in [0.2, 0.25) is 10.0 Å². The van der Waals surface area contributed by atoms with E-state index in [9.17, 15) is 0 Å². The van der Waals surface area contributed by atoms with E-state index in [1.807, 2.05) is 5.38 Å². The van der Waals surface area contributed by atoms with Gasteiger partial charge in [-0.3, -0.25) is 0 Å². The molecular formula is C9H5BrCl2N2S. The van der Waals surface area contributed by atoms with Gasteiger partial charge in [0.1, 0.15) is 4.60 Å². The Kier molecular flexibility index (Phi) is 3.51. The van der Waals surface area contributed by atoms with Crippen LogP contribution in [-0.2, 0) is 0 Å². The topological polar surface area (TPSA) is 24.9 Å². The van der Waals surface area contributed by atoms with Crippen LogP contribution < -0.4 is 5.32 Å². The summed E-state index contributed by atoms with van der Waals surface area (Å²) in [4.78, 5) is 4.19. The van der Waals surface area contributed by atoms with Crippen molar-refractivity contribution in [3.8, 4) is 0 Å². The van der Waals surface area contributed by atoms with Gasteiger partial charge in [0.15, 0.2) is 5.13 Å². The molecule has 78 valence electrons. The molecule has 0 unspecified atom stereocenters. The van der Waals surface area contributed by atoms with Crippen LogP contribution in [0.25, 0.3) is 0 Å².